The maximum atomic E-state index is 13.0. The molecule has 0 saturated heterocycles. The second kappa shape index (κ2) is 7.10. The number of ketones is 1. The van der Waals surface area contributed by atoms with Gasteiger partial charge in [-0.15, -0.1) is 0 Å². The summed E-state index contributed by atoms with van der Waals surface area (Å²) >= 11 is 0. The summed E-state index contributed by atoms with van der Waals surface area (Å²) in [4.78, 5) is 15.0. The number of ether oxygens (including phenoxy) is 1. The van der Waals surface area contributed by atoms with E-state index in [9.17, 15) is 4.79 Å². The van der Waals surface area contributed by atoms with Crippen molar-refractivity contribution in [1.82, 2.24) is 10.2 Å². The molecular weight excluding hydrogens is 336 g/mol. The Morgan fingerprint density at radius 2 is 1.78 bits per heavy atom. The van der Waals surface area contributed by atoms with Crippen LogP contribution in [0.25, 0.3) is 0 Å². The lowest BCUT2D eigenvalue weighted by Crippen LogP contribution is -2.28. The third kappa shape index (κ3) is 3.70. The highest BCUT2D eigenvalue weighted by atomic mass is 16.5. The lowest BCUT2D eigenvalue weighted by atomic mass is 9.86. The maximum absolute atomic E-state index is 13.0. The highest BCUT2D eigenvalue weighted by molar-refractivity contribution is 6.08. The van der Waals surface area contributed by atoms with Crippen LogP contribution in [0.3, 0.4) is 0 Å². The lowest BCUT2D eigenvalue weighted by molar-refractivity contribution is 0.0992. The van der Waals surface area contributed by atoms with Crippen LogP contribution in [-0.4, -0.2) is 24.8 Å². The van der Waals surface area contributed by atoms with Gasteiger partial charge in [0, 0.05) is 24.4 Å². The van der Waals surface area contributed by atoms with Gasteiger partial charge in [0.05, 0.1) is 7.11 Å². The van der Waals surface area contributed by atoms with Gasteiger partial charge in [0.15, 0.2) is 0 Å². The molecule has 1 heterocycles. The first kappa shape index (κ1) is 19.0. The van der Waals surface area contributed by atoms with Gasteiger partial charge in [-0.25, -0.2) is 0 Å². The molecule has 142 valence electrons. The number of benzene rings is 2. The van der Waals surface area contributed by atoms with Crippen LogP contribution in [0.2, 0.25) is 0 Å². The van der Waals surface area contributed by atoms with Gasteiger partial charge in [-0.2, -0.15) is 0 Å². The predicted octanol–water partition coefficient (Wildman–Crippen LogP) is 4.56. The number of Topliss-reactive ketones (excluding diaryl/α,β-unsaturated/α-hetero) is 1. The van der Waals surface area contributed by atoms with Crippen LogP contribution in [-0.2, 0) is 5.41 Å². The first-order valence-corrected chi connectivity index (χ1v) is 9.21. The van der Waals surface area contributed by atoms with Crippen LogP contribution >= 0.6 is 0 Å². The Morgan fingerprint density at radius 1 is 1.11 bits per heavy atom. The molecule has 4 heteroatoms. The lowest BCUT2D eigenvalue weighted by Gasteiger charge is -2.26. The third-order valence-corrected chi connectivity index (χ3v) is 5.07. The van der Waals surface area contributed by atoms with Crippen LogP contribution < -0.4 is 10.1 Å². The van der Waals surface area contributed by atoms with Gasteiger partial charge in [0.1, 0.15) is 17.6 Å². The van der Waals surface area contributed by atoms with Crippen LogP contribution in [0.5, 0.6) is 5.75 Å². The fraction of sp³-hybridized carbons (Fsp3) is 0.348. The number of carbonyl (C=O) groups is 1. The van der Waals surface area contributed by atoms with Crippen molar-refractivity contribution in [2.24, 2.45) is 0 Å². The van der Waals surface area contributed by atoms with E-state index in [1.54, 1.807) is 13.3 Å². The normalized spacial score (nSPS) is 16.7. The standard InChI is InChI=1S/C23H28N2O2/c1-15-7-12-20(27-6)18(13-15)22-24-14-19(25(22)5)21(26)16-8-10-17(11-9-16)23(2,3)4/h7-14,22,24H,1-6H3. The molecular formula is C23H28N2O2. The number of nitrogens with zero attached hydrogens (tertiary/aromatic N) is 1. The number of carbonyl (C=O) groups excluding carboxylic acids is 1. The smallest absolute Gasteiger partial charge is 0.210 e. The quantitative estimate of drug-likeness (QED) is 0.808. The fourth-order valence-corrected chi connectivity index (χ4v) is 3.37. The van der Waals surface area contributed by atoms with Crippen LogP contribution in [0.1, 0.15) is 54.0 Å². The monoisotopic (exact) mass is 364 g/mol. The summed E-state index contributed by atoms with van der Waals surface area (Å²) in [7, 11) is 3.60. The van der Waals surface area contributed by atoms with Gasteiger partial charge in [-0.1, -0.05) is 56.7 Å². The third-order valence-electron chi connectivity index (χ3n) is 5.07. The molecule has 0 aliphatic carbocycles. The molecule has 0 aromatic heterocycles. The van der Waals surface area contributed by atoms with Crippen molar-refractivity contribution in [2.75, 3.05) is 14.2 Å². The van der Waals surface area contributed by atoms with E-state index in [4.69, 9.17) is 4.74 Å². The Morgan fingerprint density at radius 3 is 2.37 bits per heavy atom. The molecule has 0 amide bonds. The van der Waals surface area contributed by atoms with Crippen molar-refractivity contribution < 1.29 is 9.53 Å². The zero-order valence-corrected chi connectivity index (χ0v) is 17.0. The van der Waals surface area contributed by atoms with Gasteiger partial charge in [-0.05, 0) is 30.0 Å². The zero-order chi connectivity index (χ0) is 19.8. The van der Waals surface area contributed by atoms with Crippen molar-refractivity contribution in [2.45, 2.75) is 39.3 Å². The van der Waals surface area contributed by atoms with Crippen molar-refractivity contribution >= 4 is 5.78 Å². The summed E-state index contributed by atoms with van der Waals surface area (Å²) in [5.41, 5.74) is 4.79. The van der Waals surface area contributed by atoms with E-state index in [1.807, 2.05) is 55.3 Å². The molecule has 0 bridgehead atoms. The number of likely N-dealkylation sites (N-methyl/N-ethyl adjacent to an activating group) is 1. The number of hydrogen-bond acceptors (Lipinski definition) is 4. The molecule has 27 heavy (non-hydrogen) atoms. The van der Waals surface area contributed by atoms with E-state index in [-0.39, 0.29) is 17.4 Å². The minimum Gasteiger partial charge on any atom is -0.496 e. The topological polar surface area (TPSA) is 41.6 Å². The van der Waals surface area contributed by atoms with Gasteiger partial charge in [0.2, 0.25) is 5.78 Å². The highest BCUT2D eigenvalue weighted by Gasteiger charge is 2.30. The second-order valence-corrected chi connectivity index (χ2v) is 8.11. The Kier molecular flexibility index (Phi) is 5.01. The number of aryl methyl sites for hydroxylation is 1. The van der Waals surface area contributed by atoms with Crippen molar-refractivity contribution in [3.63, 3.8) is 0 Å². The molecule has 1 aliphatic rings. The molecule has 1 atom stereocenters. The zero-order valence-electron chi connectivity index (χ0n) is 17.0. The minimum atomic E-state index is -0.132. The second-order valence-electron chi connectivity index (χ2n) is 8.11. The molecule has 1 aliphatic heterocycles. The summed E-state index contributed by atoms with van der Waals surface area (Å²) in [6, 6.07) is 14.0. The van der Waals surface area contributed by atoms with Gasteiger partial charge < -0.3 is 15.0 Å². The van der Waals surface area contributed by atoms with Crippen LogP contribution in [0.4, 0.5) is 0 Å². The van der Waals surface area contributed by atoms with Crippen molar-refractivity contribution in [3.05, 3.63) is 76.6 Å². The SMILES string of the molecule is COc1ccc(C)cc1C1NC=C(C(=O)c2ccc(C(C)(C)C)cc2)N1C. The predicted molar refractivity (Wildman–Crippen MR) is 109 cm³/mol. The molecule has 2 aromatic carbocycles. The molecule has 0 fully saturated rings. The van der Waals surface area contributed by atoms with Crippen molar-refractivity contribution in [1.29, 1.82) is 0 Å². The average molecular weight is 364 g/mol. The molecule has 1 N–H and O–H groups in total. The van der Waals surface area contributed by atoms with E-state index in [0.29, 0.717) is 11.3 Å². The number of allylic oxidation sites excluding steroid dienone is 1. The number of hydrogen-bond donors (Lipinski definition) is 1. The Labute approximate surface area is 161 Å². The van der Waals surface area contributed by atoms with Gasteiger partial charge >= 0.3 is 0 Å². The van der Waals surface area contributed by atoms with Crippen LogP contribution in [0.15, 0.2) is 54.4 Å². The van der Waals surface area contributed by atoms with Gasteiger partial charge in [-0.3, -0.25) is 4.79 Å². The number of nitrogens with one attached hydrogen (secondary N) is 1. The molecule has 1 unspecified atom stereocenters. The van der Waals surface area contributed by atoms with Gasteiger partial charge in [0.25, 0.3) is 0 Å². The molecule has 0 radical (unpaired) electrons. The minimum absolute atomic E-state index is 0.0135. The summed E-state index contributed by atoms with van der Waals surface area (Å²) in [5, 5.41) is 3.32. The Hall–Kier alpha value is -2.75. The molecule has 3 rings (SSSR count). The molecule has 0 saturated carbocycles. The summed E-state index contributed by atoms with van der Waals surface area (Å²) in [6.45, 7) is 8.55. The summed E-state index contributed by atoms with van der Waals surface area (Å²) in [6.07, 6.45) is 1.67. The van der Waals surface area contributed by atoms with E-state index in [1.165, 1.54) is 5.56 Å². The van der Waals surface area contributed by atoms with E-state index >= 15 is 0 Å². The molecule has 4 nitrogen and oxygen atoms in total. The Balaban J connectivity index is 1.83. The van der Waals surface area contributed by atoms with Crippen molar-refractivity contribution in [3.8, 4) is 5.75 Å². The summed E-state index contributed by atoms with van der Waals surface area (Å²) < 4.78 is 5.51. The molecule has 0 spiro atoms. The van der Waals surface area contributed by atoms with E-state index in [2.05, 4.69) is 32.2 Å². The maximum Gasteiger partial charge on any atom is 0.210 e. The van der Waals surface area contributed by atoms with Crippen LogP contribution in [0, 0.1) is 6.92 Å². The fourth-order valence-electron chi connectivity index (χ4n) is 3.37. The summed E-state index contributed by atoms with van der Waals surface area (Å²) in [5.74, 6) is 0.821. The van der Waals surface area contributed by atoms with E-state index in [0.717, 1.165) is 16.9 Å². The average Bonchev–Trinajstić information content (AvgIpc) is 3.01. The largest absolute Gasteiger partial charge is 0.496 e. The highest BCUT2D eigenvalue weighted by Crippen LogP contribution is 2.33. The molecule has 2 aromatic rings. The Bertz CT molecular complexity index is 876. The van der Waals surface area contributed by atoms with E-state index < -0.39 is 0 Å². The number of methoxy groups -OCH3 is 1. The number of rotatable bonds is 4. The first-order chi connectivity index (χ1) is 12.7. The first-order valence-electron chi connectivity index (χ1n) is 9.21.